The number of nitrogens with zero attached hydrogens (tertiary/aromatic N) is 1. The third-order valence-corrected chi connectivity index (χ3v) is 4.19. The SMILES string of the molecule is NC(=O)CCN(Cc1ccccc1)C(=O)/C=C/c1ccccc1Br. The van der Waals surface area contributed by atoms with Gasteiger partial charge in [-0.25, -0.2) is 0 Å². The van der Waals surface area contributed by atoms with E-state index in [2.05, 4.69) is 15.9 Å². The normalized spacial score (nSPS) is 10.7. The zero-order chi connectivity index (χ0) is 17.4. The van der Waals surface area contributed by atoms with E-state index in [9.17, 15) is 9.59 Å². The molecule has 24 heavy (non-hydrogen) atoms. The van der Waals surface area contributed by atoms with Crippen molar-refractivity contribution in [2.24, 2.45) is 5.73 Å². The molecule has 2 N–H and O–H groups in total. The average molecular weight is 387 g/mol. The van der Waals surface area contributed by atoms with Gasteiger partial charge in [-0.2, -0.15) is 0 Å². The summed E-state index contributed by atoms with van der Waals surface area (Å²) in [5.41, 5.74) is 7.14. The molecule has 0 saturated heterocycles. The van der Waals surface area contributed by atoms with Crippen molar-refractivity contribution in [3.8, 4) is 0 Å². The Balaban J connectivity index is 2.11. The summed E-state index contributed by atoms with van der Waals surface area (Å²) < 4.78 is 0.917. The molecule has 0 radical (unpaired) electrons. The maximum Gasteiger partial charge on any atom is 0.246 e. The number of nitrogens with two attached hydrogens (primary N) is 1. The highest BCUT2D eigenvalue weighted by Crippen LogP contribution is 2.17. The fourth-order valence-electron chi connectivity index (χ4n) is 2.19. The fourth-order valence-corrected chi connectivity index (χ4v) is 2.61. The van der Waals surface area contributed by atoms with Gasteiger partial charge in [0.1, 0.15) is 0 Å². The van der Waals surface area contributed by atoms with Crippen molar-refractivity contribution in [3.63, 3.8) is 0 Å². The minimum absolute atomic E-state index is 0.140. The van der Waals surface area contributed by atoms with Crippen LogP contribution in [0.2, 0.25) is 0 Å². The van der Waals surface area contributed by atoms with Crippen LogP contribution >= 0.6 is 15.9 Å². The smallest absolute Gasteiger partial charge is 0.246 e. The van der Waals surface area contributed by atoms with Crippen LogP contribution in [0.1, 0.15) is 17.5 Å². The number of hydrogen-bond donors (Lipinski definition) is 1. The first-order valence-corrected chi connectivity index (χ1v) is 8.39. The van der Waals surface area contributed by atoms with Gasteiger partial charge in [-0.3, -0.25) is 9.59 Å². The molecule has 0 bridgehead atoms. The van der Waals surface area contributed by atoms with Gasteiger partial charge < -0.3 is 10.6 Å². The Labute approximate surface area is 150 Å². The molecule has 0 heterocycles. The number of rotatable bonds is 7. The fraction of sp³-hybridized carbons (Fsp3) is 0.158. The van der Waals surface area contributed by atoms with Gasteiger partial charge in [0.05, 0.1) is 0 Å². The highest BCUT2D eigenvalue weighted by atomic mass is 79.9. The Morgan fingerprint density at radius 2 is 1.71 bits per heavy atom. The maximum absolute atomic E-state index is 12.5. The quantitative estimate of drug-likeness (QED) is 0.741. The van der Waals surface area contributed by atoms with E-state index in [0.717, 1.165) is 15.6 Å². The Bertz CT molecular complexity index is 729. The second-order valence-corrected chi connectivity index (χ2v) is 6.17. The van der Waals surface area contributed by atoms with Crippen molar-refractivity contribution < 1.29 is 9.59 Å². The van der Waals surface area contributed by atoms with Crippen molar-refractivity contribution in [1.82, 2.24) is 4.90 Å². The lowest BCUT2D eigenvalue weighted by atomic mass is 10.2. The topological polar surface area (TPSA) is 63.4 Å². The van der Waals surface area contributed by atoms with Crippen LogP contribution in [-0.2, 0) is 16.1 Å². The number of carbonyl (C=O) groups excluding carboxylic acids is 2. The number of halogens is 1. The molecule has 0 aliphatic carbocycles. The Hall–Kier alpha value is -2.40. The van der Waals surface area contributed by atoms with E-state index in [0.29, 0.717) is 13.1 Å². The van der Waals surface area contributed by atoms with Crippen LogP contribution in [0.4, 0.5) is 0 Å². The molecule has 0 aliphatic rings. The van der Waals surface area contributed by atoms with E-state index in [4.69, 9.17) is 5.73 Å². The first-order chi connectivity index (χ1) is 11.6. The number of amides is 2. The zero-order valence-electron chi connectivity index (χ0n) is 13.2. The molecule has 0 spiro atoms. The van der Waals surface area contributed by atoms with Gasteiger partial charge in [-0.05, 0) is 23.3 Å². The van der Waals surface area contributed by atoms with E-state index in [-0.39, 0.29) is 12.3 Å². The molecule has 4 nitrogen and oxygen atoms in total. The first kappa shape index (κ1) is 17.9. The highest BCUT2D eigenvalue weighted by Gasteiger charge is 2.12. The summed E-state index contributed by atoms with van der Waals surface area (Å²) in [7, 11) is 0. The van der Waals surface area contributed by atoms with Crippen LogP contribution in [0.15, 0.2) is 65.1 Å². The lowest BCUT2D eigenvalue weighted by Crippen LogP contribution is -2.32. The zero-order valence-corrected chi connectivity index (χ0v) is 14.8. The number of benzene rings is 2. The predicted molar refractivity (Wildman–Crippen MR) is 98.8 cm³/mol. The van der Waals surface area contributed by atoms with Crippen LogP contribution in [0.3, 0.4) is 0 Å². The monoisotopic (exact) mass is 386 g/mol. The Morgan fingerprint density at radius 3 is 2.38 bits per heavy atom. The van der Waals surface area contributed by atoms with Crippen LogP contribution in [0.5, 0.6) is 0 Å². The number of primary amides is 1. The minimum atomic E-state index is -0.421. The summed E-state index contributed by atoms with van der Waals surface area (Å²) in [5.74, 6) is -0.577. The van der Waals surface area contributed by atoms with Gasteiger partial charge in [-0.15, -0.1) is 0 Å². The average Bonchev–Trinajstić information content (AvgIpc) is 2.58. The van der Waals surface area contributed by atoms with Crippen LogP contribution in [0.25, 0.3) is 6.08 Å². The predicted octanol–water partition coefficient (Wildman–Crippen LogP) is 3.37. The molecule has 5 heteroatoms. The lowest BCUT2D eigenvalue weighted by Gasteiger charge is -2.20. The van der Waals surface area contributed by atoms with Crippen LogP contribution < -0.4 is 5.73 Å². The largest absolute Gasteiger partial charge is 0.370 e. The van der Waals surface area contributed by atoms with Crippen molar-refractivity contribution in [2.75, 3.05) is 6.54 Å². The first-order valence-electron chi connectivity index (χ1n) is 7.60. The molecule has 0 unspecified atom stereocenters. The van der Waals surface area contributed by atoms with Crippen molar-refractivity contribution in [2.45, 2.75) is 13.0 Å². The van der Waals surface area contributed by atoms with E-state index in [1.54, 1.807) is 11.0 Å². The summed E-state index contributed by atoms with van der Waals surface area (Å²) in [5, 5.41) is 0. The van der Waals surface area contributed by atoms with E-state index in [1.165, 1.54) is 6.08 Å². The summed E-state index contributed by atoms with van der Waals surface area (Å²) >= 11 is 3.45. The van der Waals surface area contributed by atoms with Gasteiger partial charge in [0, 0.05) is 30.1 Å². The van der Waals surface area contributed by atoms with Crippen molar-refractivity contribution >= 4 is 33.8 Å². The van der Waals surface area contributed by atoms with Gasteiger partial charge in [0.2, 0.25) is 11.8 Å². The molecule has 2 aromatic carbocycles. The molecule has 2 rings (SSSR count). The molecule has 0 atom stereocenters. The maximum atomic E-state index is 12.5. The van der Waals surface area contributed by atoms with Gasteiger partial charge in [0.25, 0.3) is 0 Å². The van der Waals surface area contributed by atoms with Gasteiger partial charge in [-0.1, -0.05) is 64.5 Å². The van der Waals surface area contributed by atoms with E-state index >= 15 is 0 Å². The van der Waals surface area contributed by atoms with Crippen molar-refractivity contribution in [3.05, 3.63) is 76.3 Å². The standard InChI is InChI=1S/C19H19BrN2O2/c20-17-9-5-4-8-16(17)10-11-19(24)22(13-12-18(21)23)14-15-6-2-1-3-7-15/h1-11H,12-14H2,(H2,21,23)/b11-10+. The number of hydrogen-bond acceptors (Lipinski definition) is 2. The molecule has 0 aromatic heterocycles. The lowest BCUT2D eigenvalue weighted by molar-refractivity contribution is -0.127. The Kier molecular flexibility index (Phi) is 6.75. The molecule has 124 valence electrons. The summed E-state index contributed by atoms with van der Waals surface area (Å²) in [6.45, 7) is 0.733. The van der Waals surface area contributed by atoms with Crippen LogP contribution in [0, 0.1) is 0 Å². The van der Waals surface area contributed by atoms with E-state index < -0.39 is 5.91 Å². The molecule has 0 fully saturated rings. The summed E-state index contributed by atoms with van der Waals surface area (Å²) in [6, 6.07) is 17.3. The molecular weight excluding hydrogens is 368 g/mol. The molecule has 2 aromatic rings. The van der Waals surface area contributed by atoms with Crippen molar-refractivity contribution in [1.29, 1.82) is 0 Å². The van der Waals surface area contributed by atoms with Gasteiger partial charge >= 0.3 is 0 Å². The minimum Gasteiger partial charge on any atom is -0.370 e. The molecular formula is C19H19BrN2O2. The van der Waals surface area contributed by atoms with E-state index in [1.807, 2.05) is 54.6 Å². The Morgan fingerprint density at radius 1 is 1.04 bits per heavy atom. The summed E-state index contributed by atoms with van der Waals surface area (Å²) in [6.07, 6.45) is 3.42. The second kappa shape index (κ2) is 9.03. The van der Waals surface area contributed by atoms with Gasteiger partial charge in [0.15, 0.2) is 0 Å². The summed E-state index contributed by atoms with van der Waals surface area (Å²) in [4.78, 5) is 25.2. The molecule has 2 amide bonds. The second-order valence-electron chi connectivity index (χ2n) is 5.32. The number of carbonyl (C=O) groups is 2. The third kappa shape index (κ3) is 5.66. The third-order valence-electron chi connectivity index (χ3n) is 3.47. The van der Waals surface area contributed by atoms with Crippen LogP contribution in [-0.4, -0.2) is 23.3 Å². The molecule has 0 aliphatic heterocycles. The highest BCUT2D eigenvalue weighted by molar-refractivity contribution is 9.10. The molecule has 0 saturated carbocycles.